The standard InChI is InChI=1S/C22H23N3O5/c1-14(2)30-16-10-8-15(9-11-16)12-18-21(27)25(22(28)24-18)13-20(26)23-17-6-4-5-7-19(17)29-3/h4-12,14H,13H2,1-3H3,(H,23,26)(H,24,28)/b18-12+. The van der Waals surface area contributed by atoms with Crippen LogP contribution < -0.4 is 20.1 Å². The monoisotopic (exact) mass is 409 g/mol. The van der Waals surface area contributed by atoms with Crippen molar-refractivity contribution in [2.24, 2.45) is 0 Å². The number of hydrogen-bond acceptors (Lipinski definition) is 5. The molecule has 0 saturated carbocycles. The second-order valence-corrected chi connectivity index (χ2v) is 6.86. The first-order valence-electron chi connectivity index (χ1n) is 9.41. The van der Waals surface area contributed by atoms with Gasteiger partial charge in [-0.05, 0) is 49.8 Å². The SMILES string of the molecule is COc1ccccc1NC(=O)CN1C(=O)N/C(=C/c2ccc(OC(C)C)cc2)C1=O. The number of para-hydroxylation sites is 2. The number of urea groups is 1. The van der Waals surface area contributed by atoms with E-state index in [-0.39, 0.29) is 11.8 Å². The van der Waals surface area contributed by atoms with E-state index in [0.29, 0.717) is 17.2 Å². The van der Waals surface area contributed by atoms with Crippen molar-refractivity contribution >= 4 is 29.6 Å². The van der Waals surface area contributed by atoms with Gasteiger partial charge in [0.15, 0.2) is 0 Å². The summed E-state index contributed by atoms with van der Waals surface area (Å²) in [4.78, 5) is 38.0. The third-order valence-electron chi connectivity index (χ3n) is 4.21. The summed E-state index contributed by atoms with van der Waals surface area (Å²) in [6.45, 7) is 3.45. The minimum Gasteiger partial charge on any atom is -0.495 e. The highest BCUT2D eigenvalue weighted by atomic mass is 16.5. The van der Waals surface area contributed by atoms with Gasteiger partial charge in [-0.2, -0.15) is 0 Å². The van der Waals surface area contributed by atoms with E-state index in [4.69, 9.17) is 9.47 Å². The Labute approximate surface area is 174 Å². The van der Waals surface area contributed by atoms with E-state index in [2.05, 4.69) is 10.6 Å². The molecule has 0 spiro atoms. The zero-order chi connectivity index (χ0) is 21.7. The highest BCUT2D eigenvalue weighted by molar-refractivity contribution is 6.16. The number of anilines is 1. The Morgan fingerprint density at radius 2 is 1.83 bits per heavy atom. The number of methoxy groups -OCH3 is 1. The molecule has 0 unspecified atom stereocenters. The van der Waals surface area contributed by atoms with E-state index in [0.717, 1.165) is 10.5 Å². The van der Waals surface area contributed by atoms with E-state index in [1.165, 1.54) is 7.11 Å². The molecule has 2 N–H and O–H groups in total. The summed E-state index contributed by atoms with van der Waals surface area (Å²) >= 11 is 0. The van der Waals surface area contributed by atoms with Crippen LogP contribution in [-0.4, -0.2) is 42.5 Å². The van der Waals surface area contributed by atoms with Gasteiger partial charge in [-0.25, -0.2) is 9.69 Å². The number of benzene rings is 2. The van der Waals surface area contributed by atoms with E-state index < -0.39 is 24.4 Å². The lowest BCUT2D eigenvalue weighted by molar-refractivity contribution is -0.127. The highest BCUT2D eigenvalue weighted by Gasteiger charge is 2.35. The van der Waals surface area contributed by atoms with Crippen molar-refractivity contribution in [3.63, 3.8) is 0 Å². The number of nitrogens with zero attached hydrogens (tertiary/aromatic N) is 1. The van der Waals surface area contributed by atoms with Gasteiger partial charge in [-0.1, -0.05) is 24.3 Å². The fraction of sp³-hybridized carbons (Fsp3) is 0.227. The van der Waals surface area contributed by atoms with Gasteiger partial charge in [0.25, 0.3) is 5.91 Å². The molecule has 0 radical (unpaired) electrons. The molecule has 2 aromatic carbocycles. The van der Waals surface area contributed by atoms with Crippen molar-refractivity contribution in [3.05, 3.63) is 59.8 Å². The fourth-order valence-electron chi connectivity index (χ4n) is 2.88. The van der Waals surface area contributed by atoms with Crippen LogP contribution >= 0.6 is 0 Å². The van der Waals surface area contributed by atoms with Gasteiger partial charge in [0.05, 0.1) is 18.9 Å². The zero-order valence-electron chi connectivity index (χ0n) is 17.0. The molecule has 0 bridgehead atoms. The molecular formula is C22H23N3O5. The van der Waals surface area contributed by atoms with Crippen LogP contribution in [-0.2, 0) is 9.59 Å². The summed E-state index contributed by atoms with van der Waals surface area (Å²) < 4.78 is 10.8. The quantitative estimate of drug-likeness (QED) is 0.541. The number of ether oxygens (including phenoxy) is 2. The Bertz CT molecular complexity index is 983. The Hall–Kier alpha value is -3.81. The second-order valence-electron chi connectivity index (χ2n) is 6.86. The molecule has 2 aromatic rings. The number of rotatable bonds is 7. The maximum absolute atomic E-state index is 12.6. The van der Waals surface area contributed by atoms with Crippen LogP contribution in [0.4, 0.5) is 10.5 Å². The highest BCUT2D eigenvalue weighted by Crippen LogP contribution is 2.23. The molecule has 1 saturated heterocycles. The number of carbonyl (C=O) groups is 3. The number of carbonyl (C=O) groups excluding carboxylic acids is 3. The largest absolute Gasteiger partial charge is 0.495 e. The molecule has 1 aliphatic rings. The van der Waals surface area contributed by atoms with E-state index in [1.54, 1.807) is 54.6 Å². The number of imide groups is 1. The summed E-state index contributed by atoms with van der Waals surface area (Å²) in [6, 6.07) is 13.3. The molecule has 30 heavy (non-hydrogen) atoms. The van der Waals surface area contributed by atoms with E-state index >= 15 is 0 Å². The van der Waals surface area contributed by atoms with Gasteiger partial charge in [-0.15, -0.1) is 0 Å². The van der Waals surface area contributed by atoms with Crippen LogP contribution in [0.1, 0.15) is 19.4 Å². The predicted molar refractivity (Wildman–Crippen MR) is 112 cm³/mol. The molecule has 1 fully saturated rings. The Morgan fingerprint density at radius 1 is 1.13 bits per heavy atom. The Kier molecular flexibility index (Phi) is 6.36. The van der Waals surface area contributed by atoms with Gasteiger partial charge < -0.3 is 20.1 Å². The zero-order valence-corrected chi connectivity index (χ0v) is 17.0. The molecule has 3 rings (SSSR count). The Morgan fingerprint density at radius 3 is 2.50 bits per heavy atom. The molecule has 156 valence electrons. The second kappa shape index (κ2) is 9.13. The van der Waals surface area contributed by atoms with Crippen molar-refractivity contribution in [3.8, 4) is 11.5 Å². The Balaban J connectivity index is 1.67. The fourth-order valence-corrected chi connectivity index (χ4v) is 2.88. The van der Waals surface area contributed by atoms with Gasteiger partial charge in [0.2, 0.25) is 5.91 Å². The average molecular weight is 409 g/mol. The normalized spacial score (nSPS) is 14.8. The maximum atomic E-state index is 12.6. The van der Waals surface area contributed by atoms with Crippen LogP contribution in [0.15, 0.2) is 54.2 Å². The van der Waals surface area contributed by atoms with E-state index in [9.17, 15) is 14.4 Å². The molecule has 1 aliphatic heterocycles. The van der Waals surface area contributed by atoms with Crippen LogP contribution in [0.2, 0.25) is 0 Å². The lowest BCUT2D eigenvalue weighted by Gasteiger charge is -2.13. The van der Waals surface area contributed by atoms with Gasteiger partial charge in [0, 0.05) is 0 Å². The minimum absolute atomic E-state index is 0.0560. The van der Waals surface area contributed by atoms with Crippen LogP contribution in [0.5, 0.6) is 11.5 Å². The molecule has 1 heterocycles. The first kappa shape index (κ1) is 20.9. The summed E-state index contributed by atoms with van der Waals surface area (Å²) in [5.74, 6) is 0.106. The minimum atomic E-state index is -0.652. The first-order valence-corrected chi connectivity index (χ1v) is 9.41. The van der Waals surface area contributed by atoms with Crippen LogP contribution in [0, 0.1) is 0 Å². The van der Waals surface area contributed by atoms with Crippen molar-refractivity contribution in [2.45, 2.75) is 20.0 Å². The van der Waals surface area contributed by atoms with Gasteiger partial charge in [-0.3, -0.25) is 9.59 Å². The molecule has 4 amide bonds. The molecule has 0 aliphatic carbocycles. The number of amides is 4. The van der Waals surface area contributed by atoms with Gasteiger partial charge in [0.1, 0.15) is 23.7 Å². The summed E-state index contributed by atoms with van der Waals surface area (Å²) in [5.41, 5.74) is 1.27. The summed E-state index contributed by atoms with van der Waals surface area (Å²) in [6.07, 6.45) is 1.61. The number of hydrogen-bond donors (Lipinski definition) is 2. The predicted octanol–water partition coefficient (Wildman–Crippen LogP) is 3.01. The average Bonchev–Trinajstić information content (AvgIpc) is 2.97. The molecular weight excluding hydrogens is 386 g/mol. The molecule has 8 heteroatoms. The van der Waals surface area contributed by atoms with Crippen LogP contribution in [0.3, 0.4) is 0 Å². The molecule has 0 atom stereocenters. The van der Waals surface area contributed by atoms with Crippen molar-refractivity contribution in [2.75, 3.05) is 19.0 Å². The molecule has 8 nitrogen and oxygen atoms in total. The number of nitrogens with one attached hydrogen (secondary N) is 2. The lowest BCUT2D eigenvalue weighted by atomic mass is 10.2. The molecule has 0 aromatic heterocycles. The van der Waals surface area contributed by atoms with Crippen LogP contribution in [0.25, 0.3) is 6.08 Å². The summed E-state index contributed by atoms with van der Waals surface area (Å²) in [7, 11) is 1.49. The smallest absolute Gasteiger partial charge is 0.329 e. The van der Waals surface area contributed by atoms with Crippen molar-refractivity contribution in [1.29, 1.82) is 0 Å². The maximum Gasteiger partial charge on any atom is 0.329 e. The lowest BCUT2D eigenvalue weighted by Crippen LogP contribution is -2.38. The topological polar surface area (TPSA) is 97.0 Å². The van der Waals surface area contributed by atoms with Crippen molar-refractivity contribution in [1.82, 2.24) is 10.2 Å². The van der Waals surface area contributed by atoms with Crippen molar-refractivity contribution < 1.29 is 23.9 Å². The van der Waals surface area contributed by atoms with E-state index in [1.807, 2.05) is 13.8 Å². The third kappa shape index (κ3) is 4.96. The van der Waals surface area contributed by atoms with Gasteiger partial charge >= 0.3 is 6.03 Å². The third-order valence-corrected chi connectivity index (χ3v) is 4.21. The first-order chi connectivity index (χ1) is 14.4. The summed E-state index contributed by atoms with van der Waals surface area (Å²) in [5, 5.41) is 5.15.